The number of amides is 1. The summed E-state index contributed by atoms with van der Waals surface area (Å²) in [5.74, 6) is 1.24. The van der Waals surface area contributed by atoms with Gasteiger partial charge in [0.05, 0.1) is 11.7 Å². The predicted octanol–water partition coefficient (Wildman–Crippen LogP) is 1.82. The number of anilines is 1. The standard InChI is InChI=1S/C15H19N5O2/c1-10-14(16-9-22-10)15(21)20-8-4-5-12(20)11-6-7-13(18-17-11)19(2)3/h6-7,9,12H,4-5,8H2,1-3H3. The average Bonchev–Trinajstić information content (AvgIpc) is 3.15. The lowest BCUT2D eigenvalue weighted by Crippen LogP contribution is -2.31. The maximum absolute atomic E-state index is 12.6. The summed E-state index contributed by atoms with van der Waals surface area (Å²) in [6.07, 6.45) is 3.14. The van der Waals surface area contributed by atoms with Crippen molar-refractivity contribution in [2.45, 2.75) is 25.8 Å². The first-order valence-corrected chi connectivity index (χ1v) is 7.30. The van der Waals surface area contributed by atoms with E-state index in [0.29, 0.717) is 18.0 Å². The predicted molar refractivity (Wildman–Crippen MR) is 80.6 cm³/mol. The van der Waals surface area contributed by atoms with Crippen LogP contribution in [0.5, 0.6) is 0 Å². The highest BCUT2D eigenvalue weighted by Gasteiger charge is 2.33. The topological polar surface area (TPSA) is 75.4 Å². The SMILES string of the molecule is Cc1ocnc1C(=O)N1CCCC1c1ccc(N(C)C)nn1. The molecule has 0 saturated carbocycles. The molecule has 0 radical (unpaired) electrons. The second-order valence-electron chi connectivity index (χ2n) is 5.62. The Bertz CT molecular complexity index is 665. The van der Waals surface area contributed by atoms with Gasteiger partial charge in [-0.2, -0.15) is 5.10 Å². The van der Waals surface area contributed by atoms with Gasteiger partial charge in [0.25, 0.3) is 5.91 Å². The molecule has 2 aromatic heterocycles. The lowest BCUT2D eigenvalue weighted by Gasteiger charge is -2.23. The third-order valence-corrected chi connectivity index (χ3v) is 3.93. The van der Waals surface area contributed by atoms with Gasteiger partial charge in [0.1, 0.15) is 5.76 Å². The van der Waals surface area contributed by atoms with Crippen molar-refractivity contribution in [1.82, 2.24) is 20.1 Å². The van der Waals surface area contributed by atoms with Crippen LogP contribution < -0.4 is 4.90 Å². The Kier molecular flexibility index (Phi) is 3.79. The van der Waals surface area contributed by atoms with Crippen LogP contribution in [0.4, 0.5) is 5.82 Å². The van der Waals surface area contributed by atoms with E-state index in [4.69, 9.17) is 4.42 Å². The van der Waals surface area contributed by atoms with Crippen molar-refractivity contribution < 1.29 is 9.21 Å². The molecule has 116 valence electrons. The van der Waals surface area contributed by atoms with Crippen molar-refractivity contribution in [3.05, 3.63) is 35.7 Å². The minimum Gasteiger partial charge on any atom is -0.448 e. The smallest absolute Gasteiger partial charge is 0.276 e. The number of carbonyl (C=O) groups is 1. The second kappa shape index (κ2) is 5.75. The van der Waals surface area contributed by atoms with E-state index in [2.05, 4.69) is 15.2 Å². The first-order valence-electron chi connectivity index (χ1n) is 7.30. The van der Waals surface area contributed by atoms with E-state index in [1.807, 2.05) is 36.0 Å². The van der Waals surface area contributed by atoms with Gasteiger partial charge in [0, 0.05) is 20.6 Å². The Morgan fingerprint density at radius 2 is 2.18 bits per heavy atom. The van der Waals surface area contributed by atoms with Crippen molar-refractivity contribution >= 4 is 11.7 Å². The van der Waals surface area contributed by atoms with Gasteiger partial charge in [0.15, 0.2) is 17.9 Å². The van der Waals surface area contributed by atoms with Gasteiger partial charge in [0.2, 0.25) is 0 Å². The molecule has 1 aliphatic rings. The van der Waals surface area contributed by atoms with Crippen molar-refractivity contribution in [3.63, 3.8) is 0 Å². The lowest BCUT2D eigenvalue weighted by molar-refractivity contribution is 0.0725. The number of rotatable bonds is 3. The number of aromatic nitrogens is 3. The van der Waals surface area contributed by atoms with Crippen LogP contribution in [0.15, 0.2) is 22.9 Å². The van der Waals surface area contributed by atoms with Crippen LogP contribution in [0, 0.1) is 6.92 Å². The zero-order chi connectivity index (χ0) is 15.7. The molecule has 7 heteroatoms. The molecule has 0 aliphatic carbocycles. The molecule has 0 spiro atoms. The summed E-state index contributed by atoms with van der Waals surface area (Å²) in [7, 11) is 3.84. The lowest BCUT2D eigenvalue weighted by atomic mass is 10.1. The number of oxazole rings is 1. The van der Waals surface area contributed by atoms with Gasteiger partial charge < -0.3 is 14.2 Å². The van der Waals surface area contributed by atoms with Crippen molar-refractivity contribution in [3.8, 4) is 0 Å². The van der Waals surface area contributed by atoms with E-state index in [0.717, 1.165) is 24.4 Å². The summed E-state index contributed by atoms with van der Waals surface area (Å²) in [5, 5.41) is 8.49. The van der Waals surface area contributed by atoms with Gasteiger partial charge in [-0.1, -0.05) is 0 Å². The number of hydrogen-bond acceptors (Lipinski definition) is 6. The number of nitrogens with zero attached hydrogens (tertiary/aromatic N) is 5. The Morgan fingerprint density at radius 3 is 2.77 bits per heavy atom. The quantitative estimate of drug-likeness (QED) is 0.860. The summed E-state index contributed by atoms with van der Waals surface area (Å²) in [6.45, 7) is 2.45. The Hall–Kier alpha value is -2.44. The van der Waals surface area contributed by atoms with Gasteiger partial charge in [-0.25, -0.2) is 4.98 Å². The molecule has 1 amide bonds. The van der Waals surface area contributed by atoms with E-state index >= 15 is 0 Å². The highest BCUT2D eigenvalue weighted by molar-refractivity contribution is 5.93. The fourth-order valence-electron chi connectivity index (χ4n) is 2.72. The molecule has 1 fully saturated rings. The molecule has 3 heterocycles. The molecule has 1 unspecified atom stereocenters. The van der Waals surface area contributed by atoms with Crippen LogP contribution in [0.1, 0.15) is 40.8 Å². The van der Waals surface area contributed by atoms with Crippen LogP contribution in [0.25, 0.3) is 0 Å². The highest BCUT2D eigenvalue weighted by Crippen LogP contribution is 2.32. The third-order valence-electron chi connectivity index (χ3n) is 3.93. The Balaban J connectivity index is 1.84. The molecule has 7 nitrogen and oxygen atoms in total. The van der Waals surface area contributed by atoms with Crippen molar-refractivity contribution in [2.75, 3.05) is 25.5 Å². The maximum atomic E-state index is 12.6. The average molecular weight is 301 g/mol. The summed E-state index contributed by atoms with van der Waals surface area (Å²) in [6, 6.07) is 3.81. The fraction of sp³-hybridized carbons (Fsp3) is 0.467. The van der Waals surface area contributed by atoms with Crippen LogP contribution in [-0.2, 0) is 0 Å². The Morgan fingerprint density at radius 1 is 1.36 bits per heavy atom. The van der Waals surface area contributed by atoms with Crippen molar-refractivity contribution in [2.24, 2.45) is 0 Å². The first kappa shape index (κ1) is 14.5. The molecule has 22 heavy (non-hydrogen) atoms. The zero-order valence-electron chi connectivity index (χ0n) is 13.0. The molecule has 1 saturated heterocycles. The van der Waals surface area contributed by atoms with E-state index in [-0.39, 0.29) is 11.9 Å². The number of carbonyl (C=O) groups excluding carboxylic acids is 1. The molecular formula is C15H19N5O2. The van der Waals surface area contributed by atoms with Crippen LogP contribution in [-0.4, -0.2) is 46.6 Å². The third kappa shape index (κ3) is 2.54. The van der Waals surface area contributed by atoms with Crippen LogP contribution in [0.2, 0.25) is 0 Å². The van der Waals surface area contributed by atoms with Gasteiger partial charge in [-0.15, -0.1) is 5.10 Å². The maximum Gasteiger partial charge on any atom is 0.276 e. The van der Waals surface area contributed by atoms with E-state index in [9.17, 15) is 4.79 Å². The van der Waals surface area contributed by atoms with Gasteiger partial charge in [-0.3, -0.25) is 4.79 Å². The zero-order valence-corrected chi connectivity index (χ0v) is 13.0. The van der Waals surface area contributed by atoms with Gasteiger partial charge in [-0.05, 0) is 31.9 Å². The molecule has 3 rings (SSSR count). The van der Waals surface area contributed by atoms with E-state index < -0.39 is 0 Å². The van der Waals surface area contributed by atoms with E-state index in [1.165, 1.54) is 6.39 Å². The molecule has 1 aliphatic heterocycles. The van der Waals surface area contributed by atoms with Gasteiger partial charge >= 0.3 is 0 Å². The molecule has 0 aromatic carbocycles. The largest absolute Gasteiger partial charge is 0.448 e. The number of hydrogen-bond donors (Lipinski definition) is 0. The normalized spacial score (nSPS) is 17.8. The highest BCUT2D eigenvalue weighted by atomic mass is 16.3. The molecular weight excluding hydrogens is 282 g/mol. The number of likely N-dealkylation sites (tertiary alicyclic amines) is 1. The summed E-state index contributed by atoms with van der Waals surface area (Å²) in [4.78, 5) is 20.4. The molecule has 0 bridgehead atoms. The van der Waals surface area contributed by atoms with E-state index in [1.54, 1.807) is 6.92 Å². The minimum atomic E-state index is -0.104. The molecule has 1 atom stereocenters. The molecule has 2 aromatic rings. The monoisotopic (exact) mass is 301 g/mol. The van der Waals surface area contributed by atoms with Crippen molar-refractivity contribution in [1.29, 1.82) is 0 Å². The minimum absolute atomic E-state index is 0.0488. The van der Waals surface area contributed by atoms with Crippen LogP contribution >= 0.6 is 0 Å². The summed E-state index contributed by atoms with van der Waals surface area (Å²) >= 11 is 0. The second-order valence-corrected chi connectivity index (χ2v) is 5.62. The molecule has 0 N–H and O–H groups in total. The summed E-state index contributed by atoms with van der Waals surface area (Å²) in [5.41, 5.74) is 1.20. The number of aryl methyl sites for hydroxylation is 1. The summed E-state index contributed by atoms with van der Waals surface area (Å²) < 4.78 is 5.14. The van der Waals surface area contributed by atoms with Crippen LogP contribution in [0.3, 0.4) is 0 Å². The first-order chi connectivity index (χ1) is 10.6. The fourth-order valence-corrected chi connectivity index (χ4v) is 2.72. The Labute approximate surface area is 129 Å².